The van der Waals surface area contributed by atoms with Gasteiger partial charge in [-0.15, -0.1) is 0 Å². The van der Waals surface area contributed by atoms with Crippen molar-refractivity contribution in [1.29, 1.82) is 0 Å². The molecule has 0 aliphatic carbocycles. The Labute approximate surface area is 128 Å². The van der Waals surface area contributed by atoms with Gasteiger partial charge in [-0.2, -0.15) is 0 Å². The average molecular weight is 321 g/mol. The Balaban J connectivity index is 2.34. The lowest BCUT2D eigenvalue weighted by molar-refractivity contribution is -0.148. The summed E-state index contributed by atoms with van der Waals surface area (Å²) in [6.07, 6.45) is 1.97. The van der Waals surface area contributed by atoms with Crippen LogP contribution in [-0.2, 0) is 20.9 Å². The number of unbranched alkanes of at least 4 members (excludes halogenated alkanes) is 1. The Hall–Kier alpha value is -0.880. The highest BCUT2D eigenvalue weighted by Gasteiger charge is 2.15. The van der Waals surface area contributed by atoms with Crippen LogP contribution >= 0.6 is 23.2 Å². The maximum absolute atomic E-state index is 11.6. The van der Waals surface area contributed by atoms with Crippen LogP contribution in [0.4, 0.5) is 0 Å². The topological polar surface area (TPSA) is 74.4 Å². The van der Waals surface area contributed by atoms with Crippen molar-refractivity contribution in [1.82, 2.24) is 4.98 Å². The zero-order chi connectivity index (χ0) is 15.0. The number of hydrogen-bond acceptors (Lipinski definition) is 5. The maximum Gasteiger partial charge on any atom is 0.325 e. The summed E-state index contributed by atoms with van der Waals surface area (Å²) in [5, 5.41) is 0.492. The standard InChI is InChI=1S/C13H18Cl2N2O3/c1-2-3-4-19-8-10(16)13(18)20-7-9-5-11(14)17-12(15)6-9/h5-6,10H,2-4,7-8,16H2,1H3/t10-/m0/s1. The van der Waals surface area contributed by atoms with E-state index in [0.717, 1.165) is 12.8 Å². The van der Waals surface area contributed by atoms with Gasteiger partial charge in [0.25, 0.3) is 0 Å². The Morgan fingerprint density at radius 3 is 2.65 bits per heavy atom. The van der Waals surface area contributed by atoms with E-state index in [1.54, 1.807) is 12.1 Å². The Kier molecular flexibility index (Phi) is 7.84. The largest absolute Gasteiger partial charge is 0.460 e. The van der Waals surface area contributed by atoms with Crippen LogP contribution in [0.3, 0.4) is 0 Å². The minimum Gasteiger partial charge on any atom is -0.460 e. The molecule has 1 atom stereocenters. The van der Waals surface area contributed by atoms with E-state index >= 15 is 0 Å². The molecule has 112 valence electrons. The molecule has 1 heterocycles. The van der Waals surface area contributed by atoms with E-state index in [1.807, 2.05) is 0 Å². The number of hydrogen-bond donors (Lipinski definition) is 1. The quantitative estimate of drug-likeness (QED) is 0.452. The molecule has 0 aliphatic rings. The number of nitrogens with zero attached hydrogens (tertiary/aromatic N) is 1. The number of esters is 1. The first-order valence-electron chi connectivity index (χ1n) is 6.35. The summed E-state index contributed by atoms with van der Waals surface area (Å²) >= 11 is 11.5. The molecule has 0 unspecified atom stereocenters. The molecule has 0 amide bonds. The van der Waals surface area contributed by atoms with Gasteiger partial charge >= 0.3 is 5.97 Å². The van der Waals surface area contributed by atoms with Gasteiger partial charge in [0.2, 0.25) is 0 Å². The molecule has 0 radical (unpaired) electrons. The minimum atomic E-state index is -0.792. The number of nitrogens with two attached hydrogens (primary N) is 1. The fourth-order valence-electron chi connectivity index (χ4n) is 1.38. The normalized spacial score (nSPS) is 12.2. The van der Waals surface area contributed by atoms with E-state index in [4.69, 9.17) is 38.4 Å². The van der Waals surface area contributed by atoms with Crippen LogP contribution in [0.15, 0.2) is 12.1 Å². The third-order valence-electron chi connectivity index (χ3n) is 2.45. The summed E-state index contributed by atoms with van der Waals surface area (Å²) in [5.41, 5.74) is 6.31. The zero-order valence-corrected chi connectivity index (χ0v) is 12.8. The van der Waals surface area contributed by atoms with Gasteiger partial charge in [-0.1, -0.05) is 36.5 Å². The summed E-state index contributed by atoms with van der Waals surface area (Å²) in [4.78, 5) is 15.4. The number of aromatic nitrogens is 1. The van der Waals surface area contributed by atoms with Gasteiger partial charge in [-0.05, 0) is 24.1 Å². The van der Waals surface area contributed by atoms with Gasteiger partial charge in [-0.3, -0.25) is 4.79 Å². The number of halogens is 2. The van der Waals surface area contributed by atoms with Crippen molar-refractivity contribution in [3.05, 3.63) is 28.0 Å². The molecule has 0 saturated heterocycles. The van der Waals surface area contributed by atoms with E-state index in [9.17, 15) is 4.79 Å². The Bertz CT molecular complexity index is 423. The maximum atomic E-state index is 11.6. The lowest BCUT2D eigenvalue weighted by Crippen LogP contribution is -2.36. The fraction of sp³-hybridized carbons (Fsp3) is 0.538. The first-order valence-corrected chi connectivity index (χ1v) is 7.10. The van der Waals surface area contributed by atoms with Crippen molar-refractivity contribution in [2.75, 3.05) is 13.2 Å². The van der Waals surface area contributed by atoms with Crippen LogP contribution in [-0.4, -0.2) is 30.2 Å². The molecule has 20 heavy (non-hydrogen) atoms. The Morgan fingerprint density at radius 1 is 1.40 bits per heavy atom. The zero-order valence-electron chi connectivity index (χ0n) is 11.3. The summed E-state index contributed by atoms with van der Waals surface area (Å²) < 4.78 is 10.3. The predicted octanol–water partition coefficient (Wildman–Crippen LogP) is 2.58. The van der Waals surface area contributed by atoms with Crippen LogP contribution in [0.1, 0.15) is 25.3 Å². The monoisotopic (exact) mass is 320 g/mol. The van der Waals surface area contributed by atoms with E-state index in [0.29, 0.717) is 12.2 Å². The molecule has 7 heteroatoms. The van der Waals surface area contributed by atoms with Gasteiger partial charge in [0.1, 0.15) is 23.0 Å². The van der Waals surface area contributed by atoms with Gasteiger partial charge in [0, 0.05) is 6.61 Å². The van der Waals surface area contributed by atoms with Crippen LogP contribution in [0.2, 0.25) is 10.3 Å². The van der Waals surface area contributed by atoms with Gasteiger partial charge in [0.15, 0.2) is 0 Å². The summed E-state index contributed by atoms with van der Waals surface area (Å²) in [6, 6.07) is 2.35. The highest BCUT2D eigenvalue weighted by atomic mass is 35.5. The third-order valence-corrected chi connectivity index (χ3v) is 2.83. The highest BCUT2D eigenvalue weighted by Crippen LogP contribution is 2.15. The summed E-state index contributed by atoms with van der Waals surface area (Å²) in [7, 11) is 0. The van der Waals surface area contributed by atoms with Crippen LogP contribution in [0.25, 0.3) is 0 Å². The molecule has 2 N–H and O–H groups in total. The van der Waals surface area contributed by atoms with Gasteiger partial charge in [-0.25, -0.2) is 4.98 Å². The molecule has 1 rings (SSSR count). The van der Waals surface area contributed by atoms with Crippen LogP contribution < -0.4 is 5.73 Å². The molecule has 0 bridgehead atoms. The molecule has 0 saturated carbocycles. The molecule has 1 aromatic rings. The SMILES string of the molecule is CCCCOC[C@H](N)C(=O)OCc1cc(Cl)nc(Cl)c1. The van der Waals surface area contributed by atoms with Crippen molar-refractivity contribution >= 4 is 29.2 Å². The van der Waals surface area contributed by atoms with Crippen molar-refractivity contribution in [3.63, 3.8) is 0 Å². The number of carbonyl (C=O) groups is 1. The van der Waals surface area contributed by atoms with Crippen molar-refractivity contribution < 1.29 is 14.3 Å². The lowest BCUT2D eigenvalue weighted by atomic mass is 10.3. The van der Waals surface area contributed by atoms with Crippen LogP contribution in [0, 0.1) is 0 Å². The molecule has 0 spiro atoms. The molecular weight excluding hydrogens is 303 g/mol. The predicted molar refractivity (Wildman–Crippen MR) is 77.8 cm³/mol. The number of pyridine rings is 1. The number of rotatable bonds is 8. The smallest absolute Gasteiger partial charge is 0.325 e. The number of ether oxygens (including phenoxy) is 2. The molecule has 0 fully saturated rings. The second-order valence-corrected chi connectivity index (χ2v) is 5.04. The second-order valence-electron chi connectivity index (χ2n) is 4.26. The lowest BCUT2D eigenvalue weighted by Gasteiger charge is -2.12. The highest BCUT2D eigenvalue weighted by molar-refractivity contribution is 6.32. The minimum absolute atomic E-state index is 0.0451. The fourth-order valence-corrected chi connectivity index (χ4v) is 1.89. The summed E-state index contributed by atoms with van der Waals surface area (Å²) in [5.74, 6) is -0.523. The molecule has 0 aromatic carbocycles. The van der Waals surface area contributed by atoms with E-state index in [2.05, 4.69) is 11.9 Å². The van der Waals surface area contributed by atoms with E-state index < -0.39 is 12.0 Å². The van der Waals surface area contributed by atoms with Crippen molar-refractivity contribution in [2.24, 2.45) is 5.73 Å². The first-order chi connectivity index (χ1) is 9.52. The van der Waals surface area contributed by atoms with Gasteiger partial charge in [0.05, 0.1) is 6.61 Å². The van der Waals surface area contributed by atoms with Crippen molar-refractivity contribution in [3.8, 4) is 0 Å². The van der Waals surface area contributed by atoms with Gasteiger partial charge < -0.3 is 15.2 Å². The Morgan fingerprint density at radius 2 is 2.05 bits per heavy atom. The third kappa shape index (κ3) is 6.52. The molecule has 0 aliphatic heterocycles. The number of carbonyl (C=O) groups excluding carboxylic acids is 1. The first kappa shape index (κ1) is 17.2. The van der Waals surface area contributed by atoms with E-state index in [-0.39, 0.29) is 23.5 Å². The van der Waals surface area contributed by atoms with E-state index in [1.165, 1.54) is 0 Å². The molecule has 5 nitrogen and oxygen atoms in total. The average Bonchev–Trinajstić information content (AvgIpc) is 2.39. The molecular formula is C13H18Cl2N2O3. The summed E-state index contributed by atoms with van der Waals surface area (Å²) in [6.45, 7) is 2.84. The van der Waals surface area contributed by atoms with Crippen LogP contribution in [0.5, 0.6) is 0 Å². The second kappa shape index (κ2) is 9.13. The van der Waals surface area contributed by atoms with Crippen molar-refractivity contribution in [2.45, 2.75) is 32.4 Å². The molecule has 1 aromatic heterocycles.